The minimum absolute atomic E-state index is 0.00250. The summed E-state index contributed by atoms with van der Waals surface area (Å²) in [7, 11) is 0. The van der Waals surface area contributed by atoms with Crippen molar-refractivity contribution in [2.24, 2.45) is 0 Å². The van der Waals surface area contributed by atoms with Crippen LogP contribution >= 0.6 is 0 Å². The molecular formula is C12H14O2. The van der Waals surface area contributed by atoms with Gasteiger partial charge in [0.15, 0.2) is 5.78 Å². The molecule has 0 aliphatic rings. The highest BCUT2D eigenvalue weighted by molar-refractivity contribution is 5.93. The summed E-state index contributed by atoms with van der Waals surface area (Å²) >= 11 is 0. The first-order chi connectivity index (χ1) is 6.74. The van der Waals surface area contributed by atoms with Gasteiger partial charge in [0, 0.05) is 11.6 Å². The van der Waals surface area contributed by atoms with Gasteiger partial charge in [0.05, 0.1) is 6.61 Å². The summed E-state index contributed by atoms with van der Waals surface area (Å²) in [6.07, 6.45) is 1.51. The van der Waals surface area contributed by atoms with Crippen LogP contribution in [0.15, 0.2) is 36.4 Å². The van der Waals surface area contributed by atoms with Crippen LogP contribution in [0.25, 0.3) is 5.76 Å². The summed E-state index contributed by atoms with van der Waals surface area (Å²) in [5, 5.41) is 0. The van der Waals surface area contributed by atoms with Crippen LogP contribution in [-0.2, 0) is 9.53 Å². The van der Waals surface area contributed by atoms with Crippen LogP contribution in [0.5, 0.6) is 0 Å². The van der Waals surface area contributed by atoms with Gasteiger partial charge in [-0.3, -0.25) is 4.79 Å². The van der Waals surface area contributed by atoms with E-state index in [0.717, 1.165) is 5.56 Å². The first-order valence-corrected chi connectivity index (χ1v) is 4.64. The van der Waals surface area contributed by atoms with Crippen molar-refractivity contribution >= 4 is 11.5 Å². The topological polar surface area (TPSA) is 26.3 Å². The van der Waals surface area contributed by atoms with E-state index in [1.807, 2.05) is 37.3 Å². The van der Waals surface area contributed by atoms with Gasteiger partial charge in [-0.25, -0.2) is 0 Å². The van der Waals surface area contributed by atoms with Crippen LogP contribution in [0, 0.1) is 0 Å². The molecule has 0 saturated heterocycles. The lowest BCUT2D eigenvalue weighted by Crippen LogP contribution is -1.94. The lowest BCUT2D eigenvalue weighted by molar-refractivity contribution is -0.112. The van der Waals surface area contributed by atoms with E-state index in [4.69, 9.17) is 4.74 Å². The van der Waals surface area contributed by atoms with E-state index >= 15 is 0 Å². The van der Waals surface area contributed by atoms with Crippen molar-refractivity contribution in [1.29, 1.82) is 0 Å². The molecule has 0 radical (unpaired) electrons. The maximum absolute atomic E-state index is 10.9. The standard InChI is InChI=1S/C12H14O2/c1-3-14-12(9-10(2)13)11-7-5-4-6-8-11/h4-9H,3H2,1-2H3/b12-9+. The monoisotopic (exact) mass is 190 g/mol. The second-order valence-electron chi connectivity index (χ2n) is 2.92. The fourth-order valence-corrected chi connectivity index (χ4v) is 1.15. The Morgan fingerprint density at radius 1 is 1.36 bits per heavy atom. The molecule has 0 aliphatic carbocycles. The molecule has 1 rings (SSSR count). The molecule has 0 atom stereocenters. The second-order valence-corrected chi connectivity index (χ2v) is 2.92. The van der Waals surface area contributed by atoms with Gasteiger partial charge in [-0.1, -0.05) is 30.3 Å². The third-order valence-corrected chi connectivity index (χ3v) is 1.69. The molecule has 0 aromatic heterocycles. The SMILES string of the molecule is CCO/C(=C/C(C)=O)c1ccccc1. The van der Waals surface area contributed by atoms with Crippen LogP contribution in [0.1, 0.15) is 19.4 Å². The van der Waals surface area contributed by atoms with Gasteiger partial charge in [0.2, 0.25) is 0 Å². The van der Waals surface area contributed by atoms with Crippen LogP contribution < -0.4 is 0 Å². The Morgan fingerprint density at radius 2 is 2.00 bits per heavy atom. The number of carbonyl (C=O) groups excluding carboxylic acids is 1. The molecule has 0 heterocycles. The zero-order valence-electron chi connectivity index (χ0n) is 8.49. The van der Waals surface area contributed by atoms with Gasteiger partial charge in [-0.15, -0.1) is 0 Å². The number of allylic oxidation sites excluding steroid dienone is 1. The molecule has 1 aromatic rings. The summed E-state index contributed by atoms with van der Waals surface area (Å²) in [4.78, 5) is 10.9. The minimum Gasteiger partial charge on any atom is -0.493 e. The lowest BCUT2D eigenvalue weighted by atomic mass is 10.1. The largest absolute Gasteiger partial charge is 0.493 e. The number of benzene rings is 1. The third-order valence-electron chi connectivity index (χ3n) is 1.69. The lowest BCUT2D eigenvalue weighted by Gasteiger charge is -2.07. The summed E-state index contributed by atoms with van der Waals surface area (Å²) in [5.74, 6) is 0.637. The zero-order valence-corrected chi connectivity index (χ0v) is 8.49. The predicted molar refractivity (Wildman–Crippen MR) is 56.7 cm³/mol. The summed E-state index contributed by atoms with van der Waals surface area (Å²) in [6.45, 7) is 3.98. The van der Waals surface area contributed by atoms with Crippen LogP contribution in [-0.4, -0.2) is 12.4 Å². The fraction of sp³-hybridized carbons (Fsp3) is 0.250. The van der Waals surface area contributed by atoms with Crippen molar-refractivity contribution in [2.75, 3.05) is 6.61 Å². The van der Waals surface area contributed by atoms with E-state index in [2.05, 4.69) is 0 Å². The van der Waals surface area contributed by atoms with E-state index in [-0.39, 0.29) is 5.78 Å². The summed E-state index contributed by atoms with van der Waals surface area (Å²) < 4.78 is 5.38. The number of ketones is 1. The molecule has 14 heavy (non-hydrogen) atoms. The van der Waals surface area contributed by atoms with E-state index in [0.29, 0.717) is 12.4 Å². The van der Waals surface area contributed by atoms with Gasteiger partial charge in [-0.05, 0) is 13.8 Å². The number of hydrogen-bond donors (Lipinski definition) is 0. The van der Waals surface area contributed by atoms with Crippen molar-refractivity contribution in [3.8, 4) is 0 Å². The Morgan fingerprint density at radius 3 is 2.50 bits per heavy atom. The molecule has 1 aromatic carbocycles. The maximum Gasteiger partial charge on any atom is 0.156 e. The molecule has 0 N–H and O–H groups in total. The molecule has 74 valence electrons. The van der Waals surface area contributed by atoms with Crippen LogP contribution in [0.3, 0.4) is 0 Å². The van der Waals surface area contributed by atoms with Gasteiger partial charge in [-0.2, -0.15) is 0 Å². The highest BCUT2D eigenvalue weighted by atomic mass is 16.5. The van der Waals surface area contributed by atoms with Crippen molar-refractivity contribution in [3.63, 3.8) is 0 Å². The molecule has 0 aliphatic heterocycles. The quantitative estimate of drug-likeness (QED) is 0.539. The minimum atomic E-state index is -0.00250. The fourth-order valence-electron chi connectivity index (χ4n) is 1.15. The highest BCUT2D eigenvalue weighted by Crippen LogP contribution is 2.14. The first kappa shape index (κ1) is 10.5. The molecule has 0 fully saturated rings. The Kier molecular flexibility index (Phi) is 3.92. The molecule has 0 amide bonds. The third kappa shape index (κ3) is 3.05. The number of rotatable bonds is 4. The Labute approximate surface area is 84.2 Å². The first-order valence-electron chi connectivity index (χ1n) is 4.64. The van der Waals surface area contributed by atoms with Crippen LogP contribution in [0.2, 0.25) is 0 Å². The average Bonchev–Trinajstić information content (AvgIpc) is 2.18. The van der Waals surface area contributed by atoms with E-state index in [9.17, 15) is 4.79 Å². The Bertz CT molecular complexity index is 325. The molecule has 0 bridgehead atoms. The van der Waals surface area contributed by atoms with E-state index in [1.54, 1.807) is 0 Å². The van der Waals surface area contributed by atoms with Crippen molar-refractivity contribution in [2.45, 2.75) is 13.8 Å². The van der Waals surface area contributed by atoms with Crippen molar-refractivity contribution in [3.05, 3.63) is 42.0 Å². The Balaban J connectivity index is 2.94. The zero-order chi connectivity index (χ0) is 10.4. The van der Waals surface area contributed by atoms with E-state index in [1.165, 1.54) is 13.0 Å². The molecule has 0 spiro atoms. The number of carbonyl (C=O) groups is 1. The highest BCUT2D eigenvalue weighted by Gasteiger charge is 2.01. The predicted octanol–water partition coefficient (Wildman–Crippen LogP) is 2.65. The number of ether oxygens (including phenoxy) is 1. The molecule has 2 nitrogen and oxygen atoms in total. The molecule has 0 unspecified atom stereocenters. The molecule has 2 heteroatoms. The Hall–Kier alpha value is -1.57. The van der Waals surface area contributed by atoms with Gasteiger partial charge in [0.1, 0.15) is 5.76 Å². The normalized spacial score (nSPS) is 11.1. The van der Waals surface area contributed by atoms with Crippen LogP contribution in [0.4, 0.5) is 0 Å². The van der Waals surface area contributed by atoms with E-state index < -0.39 is 0 Å². The smallest absolute Gasteiger partial charge is 0.156 e. The molecule has 0 saturated carbocycles. The summed E-state index contributed by atoms with van der Waals surface area (Å²) in [5.41, 5.74) is 0.935. The average molecular weight is 190 g/mol. The van der Waals surface area contributed by atoms with Crippen molar-refractivity contribution in [1.82, 2.24) is 0 Å². The van der Waals surface area contributed by atoms with Gasteiger partial charge in [0.25, 0.3) is 0 Å². The summed E-state index contributed by atoms with van der Waals surface area (Å²) in [6, 6.07) is 9.61. The maximum atomic E-state index is 10.9. The van der Waals surface area contributed by atoms with Gasteiger partial charge >= 0.3 is 0 Å². The number of hydrogen-bond acceptors (Lipinski definition) is 2. The van der Waals surface area contributed by atoms with Gasteiger partial charge < -0.3 is 4.74 Å². The van der Waals surface area contributed by atoms with Crippen molar-refractivity contribution < 1.29 is 9.53 Å². The second kappa shape index (κ2) is 5.22. The molecular weight excluding hydrogens is 176 g/mol.